The number of hydrogen-bond acceptors (Lipinski definition) is 9. The van der Waals surface area contributed by atoms with Crippen molar-refractivity contribution in [2.24, 2.45) is 7.05 Å². The van der Waals surface area contributed by atoms with Crippen molar-refractivity contribution in [2.75, 3.05) is 37.0 Å². The SMILES string of the molecule is Cn1c(=O)n(C2CCC(=O)NC2=O)c2ccc(C3CCN(CCNC(=O)c4ccc5c(F)c(N6CC(=O)NS6(=O)=O)c(O)cc5c4)CC3)cc21. The van der Waals surface area contributed by atoms with Crippen LogP contribution in [0.2, 0.25) is 0 Å². The number of piperidine rings is 2. The maximum Gasteiger partial charge on any atom is 0.329 e. The molecule has 3 aromatic carbocycles. The Bertz CT molecular complexity index is 2280. The summed E-state index contributed by atoms with van der Waals surface area (Å²) < 4.78 is 45.0. The van der Waals surface area contributed by atoms with Crippen LogP contribution in [0, 0.1) is 5.82 Å². The number of phenolic OH excluding ortho intramolecular Hbond substituents is 1. The molecule has 1 atom stereocenters. The van der Waals surface area contributed by atoms with Crippen LogP contribution in [0.5, 0.6) is 5.75 Å². The number of fused-ring (bicyclic) bond motifs is 2. The Hall–Kier alpha value is -5.29. The van der Waals surface area contributed by atoms with Crippen LogP contribution in [-0.2, 0) is 31.6 Å². The first-order valence-corrected chi connectivity index (χ1v) is 17.6. The van der Waals surface area contributed by atoms with Gasteiger partial charge in [-0.1, -0.05) is 12.1 Å². The van der Waals surface area contributed by atoms with E-state index < -0.39 is 57.8 Å². The van der Waals surface area contributed by atoms with Crippen LogP contribution in [0.1, 0.15) is 53.6 Å². The number of aromatic hydroxyl groups is 1. The number of carbonyl (C=O) groups is 4. The Morgan fingerprint density at radius 1 is 1.00 bits per heavy atom. The molecule has 3 aliphatic rings. The van der Waals surface area contributed by atoms with Gasteiger partial charge in [0.25, 0.3) is 11.8 Å². The zero-order valence-corrected chi connectivity index (χ0v) is 27.8. The van der Waals surface area contributed by atoms with Crippen molar-refractivity contribution in [1.29, 1.82) is 0 Å². The van der Waals surface area contributed by atoms with Crippen molar-refractivity contribution in [2.45, 2.75) is 37.6 Å². The molecule has 4 aromatic rings. The van der Waals surface area contributed by atoms with Gasteiger partial charge in [0, 0.05) is 37.5 Å². The zero-order valence-electron chi connectivity index (χ0n) is 26.9. The van der Waals surface area contributed by atoms with E-state index in [1.54, 1.807) is 11.8 Å². The van der Waals surface area contributed by atoms with Crippen LogP contribution in [0.3, 0.4) is 0 Å². The summed E-state index contributed by atoms with van der Waals surface area (Å²) in [7, 11) is -2.67. The number of rotatable bonds is 7. The van der Waals surface area contributed by atoms with E-state index in [-0.39, 0.29) is 46.7 Å². The second-order valence-corrected chi connectivity index (χ2v) is 14.4. The average molecular weight is 708 g/mol. The van der Waals surface area contributed by atoms with Gasteiger partial charge in [-0.25, -0.2) is 18.2 Å². The molecule has 4 N–H and O–H groups in total. The highest BCUT2D eigenvalue weighted by molar-refractivity contribution is 7.92. The largest absolute Gasteiger partial charge is 0.506 e. The lowest BCUT2D eigenvalue weighted by Crippen LogP contribution is -2.44. The van der Waals surface area contributed by atoms with Crippen LogP contribution >= 0.6 is 0 Å². The van der Waals surface area contributed by atoms with E-state index in [9.17, 15) is 37.5 Å². The third-order valence-corrected chi connectivity index (χ3v) is 11.1. The van der Waals surface area contributed by atoms with Gasteiger partial charge >= 0.3 is 15.9 Å². The van der Waals surface area contributed by atoms with E-state index in [4.69, 9.17) is 0 Å². The number of benzene rings is 3. The van der Waals surface area contributed by atoms with Gasteiger partial charge in [0.15, 0.2) is 5.82 Å². The first-order chi connectivity index (χ1) is 23.8. The van der Waals surface area contributed by atoms with Gasteiger partial charge < -0.3 is 15.3 Å². The van der Waals surface area contributed by atoms with Crippen LogP contribution in [0.25, 0.3) is 21.8 Å². The van der Waals surface area contributed by atoms with Crippen molar-refractivity contribution < 1.29 is 37.1 Å². The number of carbonyl (C=O) groups excluding carboxylic acids is 4. The molecule has 4 amide bonds. The topological polar surface area (TPSA) is 192 Å². The standard InChI is InChI=1S/C33H34FN7O8S/c1-38-25-15-19(3-5-23(25)41(33(38)47)24-6-7-27(43)36-32(24)46)18-8-11-39(12-9-18)13-10-35-31(45)20-2-4-22-21(14-20)16-26(42)30(29(22)34)40-17-28(44)37-50(40,48)49/h2-5,14-16,18,24,42H,6-13,17H2,1H3,(H,35,45)(H,37,44)(H,36,43,46). The number of imidazole rings is 1. The number of imide groups is 1. The molecule has 0 bridgehead atoms. The molecule has 4 heterocycles. The molecule has 1 unspecified atom stereocenters. The number of amides is 4. The van der Waals surface area contributed by atoms with E-state index >= 15 is 4.39 Å². The normalized spacial score (nSPS) is 20.0. The van der Waals surface area contributed by atoms with E-state index in [0.29, 0.717) is 22.9 Å². The fourth-order valence-corrected chi connectivity index (χ4v) is 8.31. The molecule has 0 aliphatic carbocycles. The molecule has 17 heteroatoms. The molecular formula is C33H34FN7O8S. The van der Waals surface area contributed by atoms with E-state index in [2.05, 4.69) is 15.5 Å². The summed E-state index contributed by atoms with van der Waals surface area (Å²) in [5, 5.41) is 15.8. The lowest BCUT2D eigenvalue weighted by atomic mass is 9.89. The van der Waals surface area contributed by atoms with E-state index in [1.165, 1.54) is 27.3 Å². The number of anilines is 1. The van der Waals surface area contributed by atoms with Crippen molar-refractivity contribution in [3.05, 3.63) is 69.9 Å². The maximum absolute atomic E-state index is 15.4. The first-order valence-electron chi connectivity index (χ1n) is 16.2. The van der Waals surface area contributed by atoms with Crippen molar-refractivity contribution >= 4 is 61.3 Å². The lowest BCUT2D eigenvalue weighted by Gasteiger charge is -2.32. The van der Waals surface area contributed by atoms with Gasteiger partial charge in [0.1, 0.15) is 24.0 Å². The quantitative estimate of drug-likeness (QED) is 0.204. The predicted octanol–water partition coefficient (Wildman–Crippen LogP) is 1.11. The summed E-state index contributed by atoms with van der Waals surface area (Å²) in [6.45, 7) is 1.87. The molecule has 0 saturated carbocycles. The molecule has 3 saturated heterocycles. The van der Waals surface area contributed by atoms with Crippen LogP contribution in [0.4, 0.5) is 10.1 Å². The van der Waals surface area contributed by atoms with Crippen LogP contribution < -0.4 is 25.4 Å². The predicted molar refractivity (Wildman–Crippen MR) is 179 cm³/mol. The van der Waals surface area contributed by atoms with Gasteiger partial charge in [-0.05, 0) is 79.6 Å². The second kappa shape index (κ2) is 12.5. The minimum absolute atomic E-state index is 0.0278. The average Bonchev–Trinajstić information content (AvgIpc) is 3.49. The Balaban J connectivity index is 0.957. The highest BCUT2D eigenvalue weighted by Gasteiger charge is 2.38. The number of phenols is 1. The molecule has 1 aromatic heterocycles. The van der Waals surface area contributed by atoms with Gasteiger partial charge in [-0.15, -0.1) is 0 Å². The van der Waals surface area contributed by atoms with Crippen molar-refractivity contribution in [3.8, 4) is 5.75 Å². The smallest absolute Gasteiger partial charge is 0.329 e. The van der Waals surface area contributed by atoms with Gasteiger partial charge in [-0.2, -0.15) is 8.42 Å². The highest BCUT2D eigenvalue weighted by atomic mass is 32.2. The minimum atomic E-state index is -4.34. The van der Waals surface area contributed by atoms with Gasteiger partial charge in [0.2, 0.25) is 11.8 Å². The fraction of sp³-hybridized carbons (Fsp3) is 0.364. The molecular weight excluding hydrogens is 673 g/mol. The number of nitrogens with zero attached hydrogens (tertiary/aromatic N) is 4. The molecule has 0 spiro atoms. The number of aryl methyl sites for hydroxylation is 1. The Morgan fingerprint density at radius 2 is 1.76 bits per heavy atom. The van der Waals surface area contributed by atoms with Crippen LogP contribution in [0.15, 0.2) is 47.3 Å². The first kappa shape index (κ1) is 33.2. The Labute approximate surface area is 284 Å². The summed E-state index contributed by atoms with van der Waals surface area (Å²) in [6, 6.07) is 10.4. The Kier molecular flexibility index (Phi) is 8.34. The maximum atomic E-state index is 15.4. The van der Waals surface area contributed by atoms with Gasteiger partial charge in [0.05, 0.1) is 11.0 Å². The summed E-state index contributed by atoms with van der Waals surface area (Å²) in [4.78, 5) is 64.1. The molecule has 15 nitrogen and oxygen atoms in total. The molecule has 50 heavy (non-hydrogen) atoms. The Morgan fingerprint density at radius 3 is 2.46 bits per heavy atom. The fourth-order valence-electron chi connectivity index (χ4n) is 7.15. The van der Waals surface area contributed by atoms with E-state index in [1.807, 2.05) is 18.2 Å². The van der Waals surface area contributed by atoms with Crippen molar-refractivity contribution in [3.63, 3.8) is 0 Å². The van der Waals surface area contributed by atoms with Crippen molar-refractivity contribution in [1.82, 2.24) is 29.4 Å². The summed E-state index contributed by atoms with van der Waals surface area (Å²) in [6.07, 6.45) is 2.18. The third-order valence-electron chi connectivity index (χ3n) is 9.77. The number of likely N-dealkylation sites (tertiary alicyclic amines) is 1. The minimum Gasteiger partial charge on any atom is -0.506 e. The number of halogens is 1. The summed E-state index contributed by atoms with van der Waals surface area (Å²) in [5.41, 5.74) is 1.74. The molecule has 262 valence electrons. The number of nitrogens with one attached hydrogen (secondary N) is 3. The highest BCUT2D eigenvalue weighted by Crippen LogP contribution is 2.38. The lowest BCUT2D eigenvalue weighted by molar-refractivity contribution is -0.135. The third kappa shape index (κ3) is 5.85. The van der Waals surface area contributed by atoms with E-state index in [0.717, 1.165) is 43.1 Å². The second-order valence-electron chi connectivity index (χ2n) is 12.8. The monoisotopic (exact) mass is 707 g/mol. The molecule has 7 rings (SSSR count). The molecule has 0 radical (unpaired) electrons. The number of hydrogen-bond donors (Lipinski definition) is 4. The molecule has 3 aliphatic heterocycles. The molecule has 3 fully saturated rings. The summed E-state index contributed by atoms with van der Waals surface area (Å²) in [5.74, 6) is -3.52. The summed E-state index contributed by atoms with van der Waals surface area (Å²) >= 11 is 0. The number of aromatic nitrogens is 2. The van der Waals surface area contributed by atoms with Crippen LogP contribution in [-0.4, -0.2) is 83.9 Å². The van der Waals surface area contributed by atoms with Gasteiger partial charge in [-0.3, -0.25) is 33.6 Å². The zero-order chi connectivity index (χ0) is 35.5.